The van der Waals surface area contributed by atoms with E-state index in [1.165, 1.54) is 0 Å². The molecule has 2 nitrogen and oxygen atoms in total. The molecule has 1 aliphatic rings. The molecule has 0 saturated heterocycles. The van der Waals surface area contributed by atoms with Crippen molar-refractivity contribution >= 4 is 18.1 Å². The van der Waals surface area contributed by atoms with Crippen molar-refractivity contribution in [1.82, 2.24) is 0 Å². The van der Waals surface area contributed by atoms with Gasteiger partial charge in [0, 0.05) is 6.42 Å². The first-order valence-corrected chi connectivity index (χ1v) is 2.51. The van der Waals surface area contributed by atoms with Gasteiger partial charge >= 0.3 is 0 Å². The maximum absolute atomic E-state index is 12.1. The van der Waals surface area contributed by atoms with E-state index < -0.39 is 11.2 Å². The summed E-state index contributed by atoms with van der Waals surface area (Å²) < 4.78 is 16.3. The normalized spacial score (nSPS) is 43.5. The summed E-state index contributed by atoms with van der Waals surface area (Å²) in [4.78, 5) is 9.50. The van der Waals surface area contributed by atoms with E-state index >= 15 is 0 Å². The van der Waals surface area contributed by atoms with Gasteiger partial charge in [-0.15, -0.1) is 0 Å². The van der Waals surface area contributed by atoms with Gasteiger partial charge in [0.25, 0.3) is 6.47 Å². The van der Waals surface area contributed by atoms with Crippen LogP contribution in [0.2, 0.25) is 0 Å². The molecule has 2 unspecified atom stereocenters. The summed E-state index contributed by atoms with van der Waals surface area (Å²) in [5.41, 5.74) is 0. The summed E-state index contributed by atoms with van der Waals surface area (Å²) in [5, 5.41) is -1.76. The van der Waals surface area contributed by atoms with Gasteiger partial charge in [0.15, 0.2) is 6.10 Å². The van der Waals surface area contributed by atoms with Gasteiger partial charge in [0.1, 0.15) is 0 Å². The second-order valence-electron chi connectivity index (χ2n) is 1.69. The molecule has 0 aromatic heterocycles. The Bertz CT molecular complexity index is 115. The average molecular weight is 139 g/mol. The molecule has 0 aromatic rings. The third kappa shape index (κ3) is 0.916. The van der Waals surface area contributed by atoms with Crippen LogP contribution in [0.1, 0.15) is 6.42 Å². The number of hydrogen-bond donors (Lipinski definition) is 0. The van der Waals surface area contributed by atoms with Crippen molar-refractivity contribution in [3.63, 3.8) is 0 Å². The summed E-state index contributed by atoms with van der Waals surface area (Å²) in [7, 11) is 0. The Kier molecular flexibility index (Phi) is 1.15. The highest BCUT2D eigenvalue weighted by molar-refractivity contribution is 6.25. The maximum Gasteiger partial charge on any atom is 0.293 e. The van der Waals surface area contributed by atoms with Crippen LogP contribution in [0, 0.1) is 0 Å². The molecule has 1 saturated carbocycles. The highest BCUT2D eigenvalue weighted by Gasteiger charge is 2.56. The number of carbonyl (C=O) groups excluding carboxylic acids is 1. The van der Waals surface area contributed by atoms with Crippen LogP contribution in [0.3, 0.4) is 0 Å². The quantitative estimate of drug-likeness (QED) is 0.418. The van der Waals surface area contributed by atoms with E-state index in [0.717, 1.165) is 0 Å². The van der Waals surface area contributed by atoms with E-state index in [1.807, 2.05) is 0 Å². The minimum absolute atomic E-state index is 0.118. The number of hydrogen-bond acceptors (Lipinski definition) is 2. The van der Waals surface area contributed by atoms with Crippen LogP contribution >= 0.6 is 11.6 Å². The van der Waals surface area contributed by atoms with Gasteiger partial charge in [-0.1, -0.05) is 11.6 Å². The van der Waals surface area contributed by atoms with E-state index in [1.54, 1.807) is 0 Å². The molecule has 8 heavy (non-hydrogen) atoms. The molecule has 0 heterocycles. The zero-order valence-electron chi connectivity index (χ0n) is 3.93. The standard InChI is InChI=1S/C4H4ClFO2/c5-4(6)1-3(4)8-2-7/h2-3H,1H2. The first-order valence-electron chi connectivity index (χ1n) is 2.14. The molecule has 0 N–H and O–H groups in total. The molecule has 0 aromatic carbocycles. The lowest BCUT2D eigenvalue weighted by Crippen LogP contribution is -2.00. The van der Waals surface area contributed by atoms with Crippen LogP contribution in [0.15, 0.2) is 0 Å². The maximum atomic E-state index is 12.1. The van der Waals surface area contributed by atoms with E-state index in [9.17, 15) is 9.18 Å². The second kappa shape index (κ2) is 1.58. The number of alkyl halides is 2. The van der Waals surface area contributed by atoms with Crippen molar-refractivity contribution in [1.29, 1.82) is 0 Å². The topological polar surface area (TPSA) is 26.3 Å². The molecule has 4 heteroatoms. The number of ether oxygens (including phenoxy) is 1. The number of halogens is 2. The molecule has 0 spiro atoms. The predicted molar refractivity (Wildman–Crippen MR) is 25.2 cm³/mol. The SMILES string of the molecule is O=COC1CC1(F)Cl. The van der Waals surface area contributed by atoms with E-state index in [-0.39, 0.29) is 12.9 Å². The van der Waals surface area contributed by atoms with Crippen LogP contribution in [0.5, 0.6) is 0 Å². The van der Waals surface area contributed by atoms with Crippen LogP contribution in [0.25, 0.3) is 0 Å². The summed E-state index contributed by atoms with van der Waals surface area (Å²) in [6.07, 6.45) is -0.588. The van der Waals surface area contributed by atoms with Crippen LogP contribution in [0.4, 0.5) is 4.39 Å². The largest absolute Gasteiger partial charge is 0.460 e. The Morgan fingerprint density at radius 1 is 2.00 bits per heavy atom. The van der Waals surface area contributed by atoms with Gasteiger partial charge in [-0.2, -0.15) is 0 Å². The molecule has 1 fully saturated rings. The third-order valence-corrected chi connectivity index (χ3v) is 1.39. The number of rotatable bonds is 2. The summed E-state index contributed by atoms with van der Waals surface area (Å²) >= 11 is 5.04. The van der Waals surface area contributed by atoms with Gasteiger partial charge in [0.05, 0.1) is 0 Å². The lowest BCUT2D eigenvalue weighted by molar-refractivity contribution is -0.130. The zero-order valence-corrected chi connectivity index (χ0v) is 4.69. The molecular formula is C4H4ClFO2. The lowest BCUT2D eigenvalue weighted by Gasteiger charge is -1.91. The zero-order chi connectivity index (χ0) is 6.20. The van der Waals surface area contributed by atoms with Crippen LogP contribution in [-0.2, 0) is 9.53 Å². The molecule has 1 rings (SSSR count). The molecule has 0 bridgehead atoms. The third-order valence-electron chi connectivity index (χ3n) is 0.988. The minimum atomic E-state index is -1.76. The van der Waals surface area contributed by atoms with Crippen molar-refractivity contribution in [2.75, 3.05) is 0 Å². The van der Waals surface area contributed by atoms with Gasteiger partial charge in [-0.05, 0) is 0 Å². The summed E-state index contributed by atoms with van der Waals surface area (Å²) in [6, 6.07) is 0. The predicted octanol–water partition coefficient (Wildman–Crippen LogP) is 0.836. The summed E-state index contributed by atoms with van der Waals surface area (Å²) in [6.45, 7) is 0.203. The minimum Gasteiger partial charge on any atom is -0.460 e. The fourth-order valence-electron chi connectivity index (χ4n) is 0.403. The molecule has 0 aliphatic heterocycles. The van der Waals surface area contributed by atoms with Crippen molar-refractivity contribution in [3.05, 3.63) is 0 Å². The van der Waals surface area contributed by atoms with Crippen molar-refractivity contribution < 1.29 is 13.9 Å². The highest BCUT2D eigenvalue weighted by atomic mass is 35.5. The van der Waals surface area contributed by atoms with Crippen molar-refractivity contribution in [2.45, 2.75) is 17.7 Å². The fraction of sp³-hybridized carbons (Fsp3) is 0.750. The van der Waals surface area contributed by atoms with Crippen LogP contribution < -0.4 is 0 Å². The van der Waals surface area contributed by atoms with Gasteiger partial charge in [-0.3, -0.25) is 4.79 Å². The first kappa shape index (κ1) is 5.82. The molecule has 2 atom stereocenters. The van der Waals surface area contributed by atoms with Crippen molar-refractivity contribution in [2.24, 2.45) is 0 Å². The molecular weight excluding hydrogens is 134 g/mol. The van der Waals surface area contributed by atoms with Crippen molar-refractivity contribution in [3.8, 4) is 0 Å². The number of carbonyl (C=O) groups is 1. The molecule has 46 valence electrons. The van der Waals surface area contributed by atoms with E-state index in [2.05, 4.69) is 4.74 Å². The van der Waals surface area contributed by atoms with Gasteiger partial charge < -0.3 is 4.74 Å². The fourth-order valence-corrected chi connectivity index (χ4v) is 0.595. The summed E-state index contributed by atoms with van der Waals surface area (Å²) in [5.74, 6) is 0. The smallest absolute Gasteiger partial charge is 0.293 e. The Morgan fingerprint density at radius 2 is 2.50 bits per heavy atom. The molecule has 0 radical (unpaired) electrons. The van der Waals surface area contributed by atoms with Crippen LogP contribution in [-0.4, -0.2) is 17.7 Å². The monoisotopic (exact) mass is 138 g/mol. The molecule has 0 amide bonds. The Morgan fingerprint density at radius 3 is 2.62 bits per heavy atom. The molecule has 1 aliphatic carbocycles. The van der Waals surface area contributed by atoms with E-state index in [4.69, 9.17) is 11.6 Å². The second-order valence-corrected chi connectivity index (χ2v) is 2.31. The Labute approximate surface area is 50.6 Å². The average Bonchev–Trinajstić information content (AvgIpc) is 2.15. The van der Waals surface area contributed by atoms with E-state index in [0.29, 0.717) is 0 Å². The van der Waals surface area contributed by atoms with Gasteiger partial charge in [0.2, 0.25) is 5.13 Å². The van der Waals surface area contributed by atoms with Gasteiger partial charge in [-0.25, -0.2) is 4.39 Å². The highest BCUT2D eigenvalue weighted by Crippen LogP contribution is 2.46. The first-order chi connectivity index (χ1) is 3.67. The lowest BCUT2D eigenvalue weighted by atomic mass is 10.8. The Hall–Kier alpha value is -0.310. The Balaban J connectivity index is 2.26.